The van der Waals surface area contributed by atoms with Gasteiger partial charge in [-0.3, -0.25) is 48.1 Å². The normalized spacial score (nSPS) is 15.9. The summed E-state index contributed by atoms with van der Waals surface area (Å²) < 4.78 is 0. The molecule has 6 rings (SSSR count). The number of nitrogens with one attached hydrogen (secondary N) is 3. The Morgan fingerprint density at radius 2 is 0.807 bits per heavy atom. The molecule has 6 amide bonds. The number of aryl methyl sites for hydroxylation is 1. The van der Waals surface area contributed by atoms with E-state index in [4.69, 9.17) is 0 Å². The summed E-state index contributed by atoms with van der Waals surface area (Å²) >= 11 is 0. The lowest BCUT2D eigenvalue weighted by molar-refractivity contribution is -0.151. The van der Waals surface area contributed by atoms with Gasteiger partial charge in [-0.25, -0.2) is 0 Å². The highest BCUT2D eigenvalue weighted by molar-refractivity contribution is 6.41. The van der Waals surface area contributed by atoms with Gasteiger partial charge in [-0.2, -0.15) is 0 Å². The first kappa shape index (κ1) is 87.7. The van der Waals surface area contributed by atoms with Crippen molar-refractivity contribution in [3.63, 3.8) is 0 Å². The van der Waals surface area contributed by atoms with E-state index in [0.29, 0.717) is 31.5 Å². The first-order valence-electron chi connectivity index (χ1n) is 31.2. The average molecular weight is 1160 g/mol. The van der Waals surface area contributed by atoms with Crippen molar-refractivity contribution >= 4 is 58.5 Å². The lowest BCUT2D eigenvalue weighted by atomic mass is 9.80. The molecule has 0 saturated heterocycles. The van der Waals surface area contributed by atoms with Crippen LogP contribution in [0, 0.1) is 0 Å². The minimum atomic E-state index is -0.728. The molecule has 0 aliphatic carbocycles. The van der Waals surface area contributed by atoms with E-state index in [1.807, 2.05) is 247 Å². The smallest absolute Gasteiger partial charge is 0.294 e. The third kappa shape index (κ3) is 28.1. The molecule has 0 fully saturated rings. The molecule has 5 atom stereocenters. The number of benzene rings is 3. The van der Waals surface area contributed by atoms with Gasteiger partial charge < -0.3 is 25.8 Å². The Hall–Kier alpha value is -6.51. The van der Waals surface area contributed by atoms with Crippen LogP contribution >= 0.6 is 0 Å². The van der Waals surface area contributed by atoms with Crippen molar-refractivity contribution in [2.75, 3.05) is 11.4 Å². The second-order valence-electron chi connectivity index (χ2n) is 17.6. The molecule has 3 aromatic carbocycles. The summed E-state index contributed by atoms with van der Waals surface area (Å²) in [6.07, 6.45) is 1.89. The number of hydrogen-bond acceptors (Lipinski definition) is 9. The fourth-order valence-corrected chi connectivity index (χ4v) is 8.54. The zero-order valence-electron chi connectivity index (χ0n) is 57.4. The lowest BCUT2D eigenvalue weighted by Crippen LogP contribution is -2.57. The minimum Gasteiger partial charge on any atom is -0.352 e. The van der Waals surface area contributed by atoms with Gasteiger partial charge in [0.2, 0.25) is 35.1 Å². The van der Waals surface area contributed by atoms with Crippen LogP contribution in [0.15, 0.2) is 72.8 Å². The molecule has 0 spiro atoms. The van der Waals surface area contributed by atoms with Crippen molar-refractivity contribution in [2.45, 2.75) is 268 Å². The summed E-state index contributed by atoms with van der Waals surface area (Å²) in [4.78, 5) is 113. The fraction of sp³-hybridized carbons (Fsp3) is 0.603. The predicted octanol–water partition coefficient (Wildman–Crippen LogP) is 14.1. The lowest BCUT2D eigenvalue weighted by Gasteiger charge is -2.44. The topological polar surface area (TPSA) is 199 Å². The third-order valence-corrected chi connectivity index (χ3v) is 11.4. The molecule has 0 aromatic heterocycles. The number of nitrogens with zero attached hydrogens (tertiary/aromatic N) is 3. The monoisotopic (exact) mass is 1160 g/mol. The number of Topliss-reactive ketones (excluding diaryl/α,β-unsaturated/α-hetero) is 3. The quantitative estimate of drug-likeness (QED) is 0.174. The molecule has 83 heavy (non-hydrogen) atoms. The van der Waals surface area contributed by atoms with E-state index in [2.05, 4.69) is 16.0 Å². The zero-order valence-corrected chi connectivity index (χ0v) is 57.4. The number of fused-ring (bicyclic) bond motifs is 3. The molecule has 3 aliphatic rings. The average Bonchev–Trinajstić information content (AvgIpc) is 3.34. The SMILES string of the molecule is CC.CC.CC.CC.CC.CC.CC.CC.CC.CC(=O)C(=O)N1C(C)c2ccccc2C(C)[C@H]1C(=O)NC(C)C.CC(=O)C(=O)N1CCc2ccccc2[C@H]1C(=O)NC(C)C.CC(=O)C(=O)N1c2ccccc2CC[C@H]1C(=O)NC(C)C. The first-order valence-corrected chi connectivity index (χ1v) is 31.2. The van der Waals surface area contributed by atoms with Gasteiger partial charge in [-0.15, -0.1) is 0 Å². The van der Waals surface area contributed by atoms with Gasteiger partial charge in [-0.1, -0.05) is 198 Å². The molecular weight excluding hydrogens is 1040 g/mol. The second-order valence-corrected chi connectivity index (χ2v) is 17.6. The van der Waals surface area contributed by atoms with Crippen molar-refractivity contribution in [1.29, 1.82) is 0 Å². The summed E-state index contributed by atoms with van der Waals surface area (Å²) in [5.74, 6) is -4.35. The summed E-state index contributed by atoms with van der Waals surface area (Å²) in [5, 5.41) is 8.53. The minimum absolute atomic E-state index is 0.0102. The van der Waals surface area contributed by atoms with Gasteiger partial charge in [-0.05, 0) is 102 Å². The molecular formula is C68H118N6O9. The number of carbonyl (C=O) groups excluding carboxylic acids is 9. The number of amides is 6. The summed E-state index contributed by atoms with van der Waals surface area (Å²) in [5.41, 5.74) is 5.54. The van der Waals surface area contributed by atoms with E-state index in [-0.39, 0.29) is 47.8 Å². The summed E-state index contributed by atoms with van der Waals surface area (Å²) in [6, 6.07) is 20.3. The van der Waals surface area contributed by atoms with Crippen molar-refractivity contribution in [2.24, 2.45) is 0 Å². The Labute approximate surface area is 505 Å². The highest BCUT2D eigenvalue weighted by atomic mass is 16.2. The van der Waals surface area contributed by atoms with Gasteiger partial charge in [0.1, 0.15) is 18.1 Å². The molecule has 0 saturated carbocycles. The van der Waals surface area contributed by atoms with Gasteiger partial charge in [0.25, 0.3) is 17.7 Å². The molecule has 474 valence electrons. The van der Waals surface area contributed by atoms with Crippen LogP contribution in [0.4, 0.5) is 5.69 Å². The first-order chi connectivity index (χ1) is 39.6. The van der Waals surface area contributed by atoms with Crippen LogP contribution in [0.3, 0.4) is 0 Å². The van der Waals surface area contributed by atoms with Crippen LogP contribution in [0.2, 0.25) is 0 Å². The summed E-state index contributed by atoms with van der Waals surface area (Å²) in [7, 11) is 0. The van der Waals surface area contributed by atoms with E-state index < -0.39 is 53.2 Å². The Morgan fingerprint density at radius 3 is 1.24 bits per heavy atom. The number of rotatable bonds is 9. The van der Waals surface area contributed by atoms with E-state index in [1.165, 1.54) is 35.5 Å². The zero-order chi connectivity index (χ0) is 66.4. The van der Waals surface area contributed by atoms with Gasteiger partial charge in [0, 0.05) is 57.0 Å². The van der Waals surface area contributed by atoms with Crippen LogP contribution in [0.5, 0.6) is 0 Å². The molecule has 0 radical (unpaired) electrons. The fourth-order valence-electron chi connectivity index (χ4n) is 8.54. The van der Waals surface area contributed by atoms with E-state index in [9.17, 15) is 43.2 Å². The molecule has 0 bridgehead atoms. The number of hydrogen-bond donors (Lipinski definition) is 3. The van der Waals surface area contributed by atoms with Crippen molar-refractivity contribution in [3.05, 3.63) is 101 Å². The summed E-state index contributed by atoms with van der Waals surface area (Å²) in [6.45, 7) is 55.1. The second kappa shape index (κ2) is 51.2. The highest BCUT2D eigenvalue weighted by Crippen LogP contribution is 2.40. The largest absolute Gasteiger partial charge is 0.352 e. The van der Waals surface area contributed by atoms with E-state index in [0.717, 1.165) is 27.8 Å². The molecule has 3 heterocycles. The maximum Gasteiger partial charge on any atom is 0.294 e. The number of anilines is 1. The number of ketones is 3. The van der Waals surface area contributed by atoms with Crippen molar-refractivity contribution < 1.29 is 43.2 Å². The van der Waals surface area contributed by atoms with Crippen molar-refractivity contribution in [1.82, 2.24) is 25.8 Å². The Morgan fingerprint density at radius 1 is 0.434 bits per heavy atom. The van der Waals surface area contributed by atoms with Crippen LogP contribution < -0.4 is 20.9 Å². The third-order valence-electron chi connectivity index (χ3n) is 11.4. The number of carbonyl (C=O) groups is 9. The Bertz CT molecular complexity index is 2310. The molecule has 3 aliphatic heterocycles. The molecule has 15 heteroatoms. The predicted molar refractivity (Wildman–Crippen MR) is 349 cm³/mol. The standard InChI is InChI=1S/C18H24N2O3.2C16H20N2O3.9C2H6/c1-10(2)19-17(22)16-11(3)14-8-6-7-9-15(14)12(4)20(16)18(23)13(5)21;1-10(2)17-15(20)14-13-7-5-4-6-12(13)8-9-18(14)16(21)11(3)19;1-10(2)17-15(20)14-9-8-12-6-4-5-7-13(12)18(14)16(21)11(3)19;9*1-2/h6-12,16H,1-5H3,(H,19,22);2*4-7,10,14H,8-9H2,1-3H3,(H,17,20);9*1-2H3/t11?,12?,16-;2*14-;;;;;;;;;/m000........./s1. The van der Waals surface area contributed by atoms with Crippen LogP contribution in [0.25, 0.3) is 0 Å². The molecule has 15 nitrogen and oxygen atoms in total. The van der Waals surface area contributed by atoms with E-state index >= 15 is 0 Å². The van der Waals surface area contributed by atoms with Gasteiger partial charge >= 0.3 is 0 Å². The van der Waals surface area contributed by atoms with Gasteiger partial charge in [0.05, 0.1) is 6.04 Å². The highest BCUT2D eigenvalue weighted by Gasteiger charge is 2.45. The van der Waals surface area contributed by atoms with Crippen LogP contribution in [0.1, 0.15) is 253 Å². The van der Waals surface area contributed by atoms with Crippen LogP contribution in [-0.4, -0.2) is 99.3 Å². The van der Waals surface area contributed by atoms with Crippen molar-refractivity contribution in [3.8, 4) is 0 Å². The number of para-hydroxylation sites is 1. The molecule has 2 unspecified atom stereocenters. The maximum atomic E-state index is 12.7. The Kier molecular flexibility index (Phi) is 54.1. The van der Waals surface area contributed by atoms with E-state index in [1.54, 1.807) is 6.07 Å². The molecule has 3 aromatic rings. The maximum absolute atomic E-state index is 12.7. The Balaban J connectivity index is -0.000000235. The van der Waals surface area contributed by atoms with Gasteiger partial charge in [0.15, 0.2) is 0 Å². The van der Waals surface area contributed by atoms with Crippen LogP contribution in [-0.2, 0) is 56.0 Å². The molecule has 3 N–H and O–H groups in total.